The Bertz CT molecular complexity index is 1240. The topological polar surface area (TPSA) is 59.3 Å². The molecule has 3 aromatic carbocycles. The molecule has 150 valence electrons. The van der Waals surface area contributed by atoms with Crippen LogP contribution in [0.3, 0.4) is 0 Å². The Morgan fingerprint density at radius 1 is 0.867 bits per heavy atom. The molecule has 6 heteroatoms. The van der Waals surface area contributed by atoms with Crippen LogP contribution in [-0.2, 0) is 6.42 Å². The van der Waals surface area contributed by atoms with E-state index in [4.69, 9.17) is 27.6 Å². The van der Waals surface area contributed by atoms with Crippen molar-refractivity contribution in [3.63, 3.8) is 0 Å². The van der Waals surface area contributed by atoms with Crippen LogP contribution in [0.5, 0.6) is 0 Å². The zero-order valence-corrected chi connectivity index (χ0v) is 17.6. The van der Waals surface area contributed by atoms with Crippen molar-refractivity contribution >= 4 is 51.5 Å². The van der Waals surface area contributed by atoms with Crippen molar-refractivity contribution in [1.29, 1.82) is 0 Å². The fraction of sp³-hybridized carbons (Fsp3) is 0.0833. The first-order chi connectivity index (χ1) is 14.5. The van der Waals surface area contributed by atoms with Gasteiger partial charge in [0.1, 0.15) is 5.76 Å². The highest BCUT2D eigenvalue weighted by molar-refractivity contribution is 6.40. The Hall–Kier alpha value is -3.08. The minimum Gasteiger partial charge on any atom is -0.458 e. The molecule has 1 heterocycles. The van der Waals surface area contributed by atoms with Crippen LogP contribution in [0, 0.1) is 0 Å². The standard InChI is InChI=1S/C24H17Cl2NO3/c1-2-19-20(22(28)14-8-4-3-5-9-14)15-10-6-13-18(23(15)30-19)27-24(29)21-16(25)11-7-12-17(21)26/h3-13H,2H2,1H3,(H,27,29). The summed E-state index contributed by atoms with van der Waals surface area (Å²) in [5.74, 6) is -0.0105. The highest BCUT2D eigenvalue weighted by Crippen LogP contribution is 2.34. The van der Waals surface area contributed by atoms with Crippen LogP contribution in [0.25, 0.3) is 11.0 Å². The number of furan rings is 1. The van der Waals surface area contributed by atoms with Gasteiger partial charge in [-0.1, -0.05) is 78.7 Å². The van der Waals surface area contributed by atoms with Crippen LogP contribution in [0.15, 0.2) is 71.1 Å². The van der Waals surface area contributed by atoms with Gasteiger partial charge in [0.2, 0.25) is 0 Å². The smallest absolute Gasteiger partial charge is 0.258 e. The normalized spacial score (nSPS) is 10.9. The third-order valence-corrected chi connectivity index (χ3v) is 5.44. The molecule has 0 atom stereocenters. The van der Waals surface area contributed by atoms with Crippen molar-refractivity contribution in [2.24, 2.45) is 0 Å². The van der Waals surface area contributed by atoms with E-state index in [1.807, 2.05) is 31.2 Å². The van der Waals surface area contributed by atoms with E-state index in [2.05, 4.69) is 5.32 Å². The first-order valence-corrected chi connectivity index (χ1v) is 10.2. The van der Waals surface area contributed by atoms with Crippen LogP contribution in [0.1, 0.15) is 39.0 Å². The second kappa shape index (κ2) is 8.34. The molecule has 0 aliphatic rings. The number of carbonyl (C=O) groups excluding carboxylic acids is 2. The van der Waals surface area contributed by atoms with E-state index < -0.39 is 5.91 Å². The fourth-order valence-corrected chi connectivity index (χ4v) is 3.97. The Balaban J connectivity index is 1.79. The summed E-state index contributed by atoms with van der Waals surface area (Å²) in [6.45, 7) is 1.92. The van der Waals surface area contributed by atoms with E-state index in [0.717, 1.165) is 0 Å². The number of benzene rings is 3. The molecule has 0 aliphatic carbocycles. The van der Waals surface area contributed by atoms with Gasteiger partial charge >= 0.3 is 0 Å². The SMILES string of the molecule is CCc1oc2c(NC(=O)c3c(Cl)cccc3Cl)cccc2c1C(=O)c1ccccc1. The van der Waals surface area contributed by atoms with Crippen molar-refractivity contribution in [1.82, 2.24) is 0 Å². The van der Waals surface area contributed by atoms with Gasteiger partial charge in [-0.3, -0.25) is 9.59 Å². The summed E-state index contributed by atoms with van der Waals surface area (Å²) in [5.41, 5.74) is 2.14. The van der Waals surface area contributed by atoms with Gasteiger partial charge in [0.05, 0.1) is 26.9 Å². The molecule has 1 N–H and O–H groups in total. The first kappa shape index (κ1) is 20.2. The quantitative estimate of drug-likeness (QED) is 0.349. The van der Waals surface area contributed by atoms with E-state index in [-0.39, 0.29) is 21.4 Å². The number of fused-ring (bicyclic) bond motifs is 1. The number of para-hydroxylation sites is 1. The number of aryl methyl sites for hydroxylation is 1. The van der Waals surface area contributed by atoms with Gasteiger partial charge in [-0.15, -0.1) is 0 Å². The Labute approximate surface area is 183 Å². The zero-order chi connectivity index (χ0) is 21.3. The molecule has 0 fully saturated rings. The van der Waals surface area contributed by atoms with E-state index in [1.54, 1.807) is 42.5 Å². The van der Waals surface area contributed by atoms with E-state index in [9.17, 15) is 9.59 Å². The number of ketones is 1. The Morgan fingerprint density at radius 2 is 1.53 bits per heavy atom. The number of nitrogens with one attached hydrogen (secondary N) is 1. The molecule has 0 saturated carbocycles. The van der Waals surface area contributed by atoms with Crippen molar-refractivity contribution in [3.05, 3.63) is 99.2 Å². The van der Waals surface area contributed by atoms with Gasteiger partial charge in [0.25, 0.3) is 5.91 Å². The number of hydrogen-bond donors (Lipinski definition) is 1. The summed E-state index contributed by atoms with van der Waals surface area (Å²) in [4.78, 5) is 26.0. The van der Waals surface area contributed by atoms with Crippen molar-refractivity contribution in [2.75, 3.05) is 5.32 Å². The monoisotopic (exact) mass is 437 g/mol. The predicted octanol–water partition coefficient (Wildman–Crippen LogP) is 6.79. The van der Waals surface area contributed by atoms with E-state index in [0.29, 0.717) is 40.0 Å². The van der Waals surface area contributed by atoms with Crippen LogP contribution < -0.4 is 5.32 Å². The maximum Gasteiger partial charge on any atom is 0.258 e. The fourth-order valence-electron chi connectivity index (χ4n) is 3.40. The molecule has 30 heavy (non-hydrogen) atoms. The maximum atomic E-state index is 13.2. The largest absolute Gasteiger partial charge is 0.458 e. The third-order valence-electron chi connectivity index (χ3n) is 4.81. The molecule has 4 nitrogen and oxygen atoms in total. The van der Waals surface area contributed by atoms with Crippen molar-refractivity contribution < 1.29 is 14.0 Å². The van der Waals surface area contributed by atoms with Gasteiger partial charge in [-0.2, -0.15) is 0 Å². The second-order valence-corrected chi connectivity index (χ2v) is 7.50. The van der Waals surface area contributed by atoms with Gasteiger partial charge in [0, 0.05) is 17.4 Å². The molecular formula is C24H17Cl2NO3. The molecular weight excluding hydrogens is 421 g/mol. The van der Waals surface area contributed by atoms with Crippen molar-refractivity contribution in [3.8, 4) is 0 Å². The van der Waals surface area contributed by atoms with Gasteiger partial charge in [0.15, 0.2) is 11.4 Å². The lowest BCUT2D eigenvalue weighted by Crippen LogP contribution is -2.13. The molecule has 0 radical (unpaired) electrons. The molecule has 1 aromatic heterocycles. The summed E-state index contributed by atoms with van der Waals surface area (Å²) in [6.07, 6.45) is 0.534. The lowest BCUT2D eigenvalue weighted by molar-refractivity contribution is 0.102. The number of carbonyl (C=O) groups is 2. The average Bonchev–Trinajstić information content (AvgIpc) is 3.13. The summed E-state index contributed by atoms with van der Waals surface area (Å²) in [7, 11) is 0. The predicted molar refractivity (Wildman–Crippen MR) is 120 cm³/mol. The number of halogens is 2. The number of hydrogen-bond acceptors (Lipinski definition) is 3. The van der Waals surface area contributed by atoms with E-state index in [1.165, 1.54) is 0 Å². The summed E-state index contributed by atoms with van der Waals surface area (Å²) in [5, 5.41) is 3.96. The molecule has 1 amide bonds. The highest BCUT2D eigenvalue weighted by Gasteiger charge is 2.23. The molecule has 4 aromatic rings. The number of anilines is 1. The Morgan fingerprint density at radius 3 is 2.20 bits per heavy atom. The molecule has 0 saturated heterocycles. The molecule has 0 unspecified atom stereocenters. The minimum absolute atomic E-state index is 0.121. The lowest BCUT2D eigenvalue weighted by Gasteiger charge is -2.09. The third kappa shape index (κ3) is 3.60. The molecule has 0 aliphatic heterocycles. The maximum absolute atomic E-state index is 13.2. The zero-order valence-electron chi connectivity index (χ0n) is 16.0. The Kier molecular flexibility index (Phi) is 5.62. The van der Waals surface area contributed by atoms with Gasteiger partial charge < -0.3 is 9.73 Å². The highest BCUT2D eigenvalue weighted by atomic mass is 35.5. The van der Waals surface area contributed by atoms with Gasteiger partial charge in [-0.25, -0.2) is 0 Å². The molecule has 0 bridgehead atoms. The summed E-state index contributed by atoms with van der Waals surface area (Å²) in [6, 6.07) is 19.2. The van der Waals surface area contributed by atoms with Crippen LogP contribution in [0.4, 0.5) is 5.69 Å². The van der Waals surface area contributed by atoms with Crippen LogP contribution in [0.2, 0.25) is 10.0 Å². The second-order valence-electron chi connectivity index (χ2n) is 6.68. The molecule has 0 spiro atoms. The van der Waals surface area contributed by atoms with E-state index >= 15 is 0 Å². The lowest BCUT2D eigenvalue weighted by atomic mass is 9.99. The summed E-state index contributed by atoms with van der Waals surface area (Å²) >= 11 is 12.3. The minimum atomic E-state index is -0.455. The molecule has 4 rings (SSSR count). The average molecular weight is 438 g/mol. The van der Waals surface area contributed by atoms with Gasteiger partial charge in [-0.05, 0) is 18.2 Å². The van der Waals surface area contributed by atoms with Crippen LogP contribution in [-0.4, -0.2) is 11.7 Å². The number of rotatable bonds is 5. The van der Waals surface area contributed by atoms with Crippen LogP contribution >= 0.6 is 23.2 Å². The first-order valence-electron chi connectivity index (χ1n) is 9.40. The van der Waals surface area contributed by atoms with Crippen molar-refractivity contribution in [2.45, 2.75) is 13.3 Å². The summed E-state index contributed by atoms with van der Waals surface area (Å²) < 4.78 is 6.02. The number of amides is 1.